The van der Waals surface area contributed by atoms with Crippen LogP contribution in [0.15, 0.2) is 34.9 Å². The number of hydrogen-bond donors (Lipinski definition) is 0. The predicted molar refractivity (Wildman–Crippen MR) is 56.0 cm³/mol. The van der Waals surface area contributed by atoms with Crippen LogP contribution in [0.4, 0.5) is 4.39 Å². The van der Waals surface area contributed by atoms with Gasteiger partial charge in [0.25, 0.3) is 0 Å². The Morgan fingerprint density at radius 3 is 2.40 bits per heavy atom. The van der Waals surface area contributed by atoms with Crippen LogP contribution in [0.5, 0.6) is 0 Å². The summed E-state index contributed by atoms with van der Waals surface area (Å²) in [5, 5.41) is 3.94. The van der Waals surface area contributed by atoms with E-state index in [1.54, 1.807) is 12.1 Å². The molecule has 0 N–H and O–H groups in total. The van der Waals surface area contributed by atoms with Gasteiger partial charge in [-0.25, -0.2) is 4.39 Å². The summed E-state index contributed by atoms with van der Waals surface area (Å²) in [6.07, 6.45) is 0. The van der Waals surface area contributed by atoms with Crippen LogP contribution < -0.4 is 0 Å². The Balaban J connectivity index is 2.33. The molecule has 0 aliphatic carbocycles. The summed E-state index contributed by atoms with van der Waals surface area (Å²) in [5.41, 5.74) is 1.62. The van der Waals surface area contributed by atoms with Crippen molar-refractivity contribution in [3.63, 3.8) is 0 Å². The Morgan fingerprint density at radius 1 is 1.20 bits per heavy atom. The molecule has 3 heteroatoms. The number of nitrogens with zero attached hydrogens (tertiary/aromatic N) is 1. The summed E-state index contributed by atoms with van der Waals surface area (Å²) >= 11 is 0. The summed E-state index contributed by atoms with van der Waals surface area (Å²) < 4.78 is 17.9. The molecule has 0 radical (unpaired) electrons. The van der Waals surface area contributed by atoms with Crippen LogP contribution in [0.1, 0.15) is 25.5 Å². The van der Waals surface area contributed by atoms with E-state index in [9.17, 15) is 4.39 Å². The van der Waals surface area contributed by atoms with Gasteiger partial charge in [-0.05, 0) is 24.3 Å². The third-order valence-electron chi connectivity index (χ3n) is 2.24. The maximum absolute atomic E-state index is 12.7. The third kappa shape index (κ3) is 2.06. The first-order valence-corrected chi connectivity index (χ1v) is 4.89. The van der Waals surface area contributed by atoms with E-state index >= 15 is 0 Å². The molecule has 0 spiro atoms. The van der Waals surface area contributed by atoms with Gasteiger partial charge in [0.15, 0.2) is 0 Å². The largest absolute Gasteiger partial charge is 0.361 e. The first-order valence-electron chi connectivity index (χ1n) is 4.89. The second kappa shape index (κ2) is 3.85. The molecular formula is C12H12FNO. The number of hydrogen-bond acceptors (Lipinski definition) is 2. The molecule has 0 fully saturated rings. The second-order valence-corrected chi connectivity index (χ2v) is 3.78. The molecule has 0 atom stereocenters. The van der Waals surface area contributed by atoms with Gasteiger partial charge in [0.2, 0.25) is 0 Å². The van der Waals surface area contributed by atoms with Gasteiger partial charge >= 0.3 is 0 Å². The van der Waals surface area contributed by atoms with Crippen molar-refractivity contribution < 1.29 is 8.91 Å². The number of aromatic nitrogens is 1. The van der Waals surface area contributed by atoms with Gasteiger partial charge < -0.3 is 4.52 Å². The van der Waals surface area contributed by atoms with Gasteiger partial charge in [0, 0.05) is 17.5 Å². The van der Waals surface area contributed by atoms with Gasteiger partial charge in [-0.2, -0.15) is 0 Å². The summed E-state index contributed by atoms with van der Waals surface area (Å²) in [4.78, 5) is 0. The van der Waals surface area contributed by atoms with Crippen molar-refractivity contribution in [2.75, 3.05) is 0 Å². The first kappa shape index (κ1) is 9.90. The molecule has 0 bridgehead atoms. The molecule has 0 saturated heterocycles. The van der Waals surface area contributed by atoms with Crippen LogP contribution in [-0.2, 0) is 0 Å². The molecule has 1 aromatic carbocycles. The molecule has 2 nitrogen and oxygen atoms in total. The molecule has 0 aliphatic heterocycles. The van der Waals surface area contributed by atoms with Gasteiger partial charge in [0.1, 0.15) is 17.3 Å². The second-order valence-electron chi connectivity index (χ2n) is 3.78. The molecule has 0 aliphatic rings. The van der Waals surface area contributed by atoms with Crippen LogP contribution in [0.2, 0.25) is 0 Å². The zero-order valence-electron chi connectivity index (χ0n) is 8.70. The first-order chi connectivity index (χ1) is 7.16. The van der Waals surface area contributed by atoms with E-state index in [1.807, 2.05) is 19.9 Å². The van der Waals surface area contributed by atoms with Crippen molar-refractivity contribution in [2.24, 2.45) is 0 Å². The summed E-state index contributed by atoms with van der Waals surface area (Å²) in [5.74, 6) is 0.910. The van der Waals surface area contributed by atoms with E-state index in [0.717, 1.165) is 17.0 Å². The summed E-state index contributed by atoms with van der Waals surface area (Å²) in [7, 11) is 0. The van der Waals surface area contributed by atoms with Crippen molar-refractivity contribution in [3.8, 4) is 11.3 Å². The Kier molecular flexibility index (Phi) is 2.54. The number of rotatable bonds is 2. The van der Waals surface area contributed by atoms with Crippen molar-refractivity contribution >= 4 is 0 Å². The number of benzene rings is 1. The number of halogens is 1. The fraction of sp³-hybridized carbons (Fsp3) is 0.250. The van der Waals surface area contributed by atoms with Gasteiger partial charge in [-0.1, -0.05) is 19.0 Å². The highest BCUT2D eigenvalue weighted by atomic mass is 19.1. The normalized spacial score (nSPS) is 10.9. The minimum absolute atomic E-state index is 0.244. The van der Waals surface area contributed by atoms with Crippen LogP contribution in [0, 0.1) is 5.82 Å². The van der Waals surface area contributed by atoms with Gasteiger partial charge in [-0.15, -0.1) is 0 Å². The molecule has 2 rings (SSSR count). The van der Waals surface area contributed by atoms with Crippen molar-refractivity contribution in [2.45, 2.75) is 19.8 Å². The van der Waals surface area contributed by atoms with Crippen LogP contribution >= 0.6 is 0 Å². The highest BCUT2D eigenvalue weighted by Crippen LogP contribution is 2.23. The van der Waals surface area contributed by atoms with Crippen molar-refractivity contribution in [1.82, 2.24) is 5.16 Å². The van der Waals surface area contributed by atoms with Gasteiger partial charge in [0.05, 0.1) is 0 Å². The molecule has 78 valence electrons. The minimum atomic E-state index is -0.244. The van der Waals surface area contributed by atoms with Crippen molar-refractivity contribution in [1.29, 1.82) is 0 Å². The Bertz CT molecular complexity index is 445. The summed E-state index contributed by atoms with van der Waals surface area (Å²) in [6, 6.07) is 8.10. The minimum Gasteiger partial charge on any atom is -0.361 e. The van der Waals surface area contributed by atoms with E-state index in [0.29, 0.717) is 5.92 Å². The monoisotopic (exact) mass is 205 g/mol. The topological polar surface area (TPSA) is 26.0 Å². The average Bonchev–Trinajstić information content (AvgIpc) is 2.68. The highest BCUT2D eigenvalue weighted by molar-refractivity contribution is 5.58. The Hall–Kier alpha value is -1.64. The van der Waals surface area contributed by atoms with Gasteiger partial charge in [-0.3, -0.25) is 0 Å². The molecule has 0 saturated carbocycles. The van der Waals surface area contributed by atoms with Crippen molar-refractivity contribution in [3.05, 3.63) is 41.9 Å². The van der Waals surface area contributed by atoms with E-state index in [1.165, 1.54) is 12.1 Å². The molecule has 1 aromatic heterocycles. The maximum Gasteiger partial charge on any atom is 0.139 e. The average molecular weight is 205 g/mol. The Labute approximate surface area is 87.7 Å². The molecular weight excluding hydrogens is 193 g/mol. The lowest BCUT2D eigenvalue weighted by molar-refractivity contribution is 0.373. The zero-order chi connectivity index (χ0) is 10.8. The van der Waals surface area contributed by atoms with E-state index < -0.39 is 0 Å². The van der Waals surface area contributed by atoms with E-state index in [-0.39, 0.29) is 5.82 Å². The van der Waals surface area contributed by atoms with Crippen LogP contribution in [-0.4, -0.2) is 5.16 Å². The maximum atomic E-state index is 12.7. The molecule has 0 unspecified atom stereocenters. The molecule has 1 heterocycles. The quantitative estimate of drug-likeness (QED) is 0.748. The predicted octanol–water partition coefficient (Wildman–Crippen LogP) is 3.60. The fourth-order valence-electron chi connectivity index (χ4n) is 1.32. The van der Waals surface area contributed by atoms with Crippen LogP contribution in [0.25, 0.3) is 11.3 Å². The smallest absolute Gasteiger partial charge is 0.139 e. The highest BCUT2D eigenvalue weighted by Gasteiger charge is 2.09. The van der Waals surface area contributed by atoms with E-state index in [4.69, 9.17) is 4.52 Å². The zero-order valence-corrected chi connectivity index (χ0v) is 8.70. The lowest BCUT2D eigenvalue weighted by Crippen LogP contribution is -1.80. The Morgan fingerprint density at radius 2 is 1.87 bits per heavy atom. The molecule has 2 aromatic rings. The van der Waals surface area contributed by atoms with Crippen LogP contribution in [0.3, 0.4) is 0 Å². The SMILES string of the molecule is CC(C)c1cc(-c2ccc(F)cc2)no1. The lowest BCUT2D eigenvalue weighted by Gasteiger charge is -1.94. The van der Waals surface area contributed by atoms with E-state index in [2.05, 4.69) is 5.16 Å². The standard InChI is InChI=1S/C12H12FNO/c1-8(2)12-7-11(14-15-12)9-3-5-10(13)6-4-9/h3-8H,1-2H3. The third-order valence-corrected chi connectivity index (χ3v) is 2.24. The molecule has 0 amide bonds. The lowest BCUT2D eigenvalue weighted by atomic mass is 10.1. The summed E-state index contributed by atoms with van der Waals surface area (Å²) in [6.45, 7) is 4.07. The fourth-order valence-corrected chi connectivity index (χ4v) is 1.32. The molecule has 15 heavy (non-hydrogen) atoms.